The van der Waals surface area contributed by atoms with Gasteiger partial charge in [-0.3, -0.25) is 0 Å². The lowest BCUT2D eigenvalue weighted by Gasteiger charge is -2.32. The molecule has 0 saturated carbocycles. The van der Waals surface area contributed by atoms with Gasteiger partial charge in [-0.15, -0.1) is 0 Å². The number of hydrogen-bond acceptors (Lipinski definition) is 4. The minimum absolute atomic E-state index is 0.600. The predicted octanol–water partition coefficient (Wildman–Crippen LogP) is 0.960. The maximum Gasteiger partial charge on any atom is 0.225 e. The van der Waals surface area contributed by atoms with Gasteiger partial charge in [0.1, 0.15) is 0 Å². The molecule has 1 atom stereocenters. The highest BCUT2D eigenvalue weighted by Crippen LogP contribution is 2.19. The molecule has 0 aromatic carbocycles. The van der Waals surface area contributed by atoms with E-state index >= 15 is 0 Å². The number of rotatable bonds is 2. The molecule has 1 aromatic rings. The SMILES string of the molecule is Cc1ccnc(N2CCC[C@@H](CN)C2)n1. The Labute approximate surface area is 90.5 Å². The molecule has 2 heterocycles. The first-order valence-electron chi connectivity index (χ1n) is 5.54. The van der Waals surface area contributed by atoms with E-state index in [0.29, 0.717) is 5.92 Å². The molecule has 0 amide bonds. The van der Waals surface area contributed by atoms with Crippen molar-refractivity contribution in [3.8, 4) is 0 Å². The molecule has 15 heavy (non-hydrogen) atoms. The molecule has 0 spiro atoms. The summed E-state index contributed by atoms with van der Waals surface area (Å²) in [7, 11) is 0. The molecule has 1 aliphatic heterocycles. The molecular weight excluding hydrogens is 188 g/mol. The van der Waals surface area contributed by atoms with Crippen LogP contribution in [0.4, 0.5) is 5.95 Å². The minimum Gasteiger partial charge on any atom is -0.340 e. The topological polar surface area (TPSA) is 55.0 Å². The summed E-state index contributed by atoms with van der Waals surface area (Å²) in [5, 5.41) is 0. The van der Waals surface area contributed by atoms with E-state index in [0.717, 1.165) is 31.3 Å². The number of piperidine rings is 1. The quantitative estimate of drug-likeness (QED) is 0.783. The van der Waals surface area contributed by atoms with Gasteiger partial charge in [0.05, 0.1) is 0 Å². The van der Waals surface area contributed by atoms with Crippen LogP contribution in [0.15, 0.2) is 12.3 Å². The Morgan fingerprint density at radius 1 is 1.60 bits per heavy atom. The zero-order valence-corrected chi connectivity index (χ0v) is 9.19. The van der Waals surface area contributed by atoms with Crippen molar-refractivity contribution in [3.63, 3.8) is 0 Å². The van der Waals surface area contributed by atoms with Crippen LogP contribution in [0.5, 0.6) is 0 Å². The Balaban J connectivity index is 2.09. The van der Waals surface area contributed by atoms with E-state index in [2.05, 4.69) is 14.9 Å². The van der Waals surface area contributed by atoms with Crippen molar-refractivity contribution in [1.29, 1.82) is 0 Å². The number of aromatic nitrogens is 2. The molecule has 0 aliphatic carbocycles. The maximum absolute atomic E-state index is 5.71. The zero-order valence-electron chi connectivity index (χ0n) is 9.19. The summed E-state index contributed by atoms with van der Waals surface area (Å²) in [6.07, 6.45) is 4.25. The van der Waals surface area contributed by atoms with Gasteiger partial charge in [0, 0.05) is 25.0 Å². The first kappa shape index (κ1) is 10.4. The third-order valence-corrected chi connectivity index (χ3v) is 2.92. The predicted molar refractivity (Wildman–Crippen MR) is 60.8 cm³/mol. The lowest BCUT2D eigenvalue weighted by Crippen LogP contribution is -2.39. The van der Waals surface area contributed by atoms with Gasteiger partial charge in [-0.05, 0) is 38.3 Å². The fourth-order valence-corrected chi connectivity index (χ4v) is 2.03. The average molecular weight is 206 g/mol. The number of hydrogen-bond donors (Lipinski definition) is 1. The fourth-order valence-electron chi connectivity index (χ4n) is 2.03. The fraction of sp³-hybridized carbons (Fsp3) is 0.636. The van der Waals surface area contributed by atoms with Crippen molar-refractivity contribution in [2.45, 2.75) is 19.8 Å². The first-order chi connectivity index (χ1) is 7.29. The molecule has 82 valence electrons. The van der Waals surface area contributed by atoms with Crippen molar-refractivity contribution in [2.75, 3.05) is 24.5 Å². The Morgan fingerprint density at radius 2 is 2.47 bits per heavy atom. The van der Waals surface area contributed by atoms with Gasteiger partial charge in [0.2, 0.25) is 5.95 Å². The second-order valence-corrected chi connectivity index (χ2v) is 4.19. The number of aryl methyl sites for hydroxylation is 1. The molecule has 4 heteroatoms. The third-order valence-electron chi connectivity index (χ3n) is 2.92. The summed E-state index contributed by atoms with van der Waals surface area (Å²) < 4.78 is 0. The highest BCUT2D eigenvalue weighted by molar-refractivity contribution is 5.30. The lowest BCUT2D eigenvalue weighted by atomic mass is 9.99. The highest BCUT2D eigenvalue weighted by Gasteiger charge is 2.20. The van der Waals surface area contributed by atoms with Crippen LogP contribution in [-0.4, -0.2) is 29.6 Å². The smallest absolute Gasteiger partial charge is 0.225 e. The molecule has 1 aromatic heterocycles. The molecule has 2 rings (SSSR count). The van der Waals surface area contributed by atoms with E-state index in [9.17, 15) is 0 Å². The summed E-state index contributed by atoms with van der Waals surface area (Å²) in [5.74, 6) is 1.45. The van der Waals surface area contributed by atoms with Gasteiger partial charge in [-0.1, -0.05) is 0 Å². The molecular formula is C11H18N4. The summed E-state index contributed by atoms with van der Waals surface area (Å²) in [5.41, 5.74) is 6.73. The second-order valence-electron chi connectivity index (χ2n) is 4.19. The van der Waals surface area contributed by atoms with Gasteiger partial charge < -0.3 is 10.6 Å². The van der Waals surface area contributed by atoms with Crippen LogP contribution in [0.3, 0.4) is 0 Å². The summed E-state index contributed by atoms with van der Waals surface area (Å²) >= 11 is 0. The number of nitrogens with zero attached hydrogens (tertiary/aromatic N) is 3. The van der Waals surface area contributed by atoms with E-state index in [-0.39, 0.29) is 0 Å². The summed E-state index contributed by atoms with van der Waals surface area (Å²) in [6, 6.07) is 1.92. The van der Waals surface area contributed by atoms with E-state index in [1.165, 1.54) is 12.8 Å². The molecule has 1 saturated heterocycles. The van der Waals surface area contributed by atoms with Gasteiger partial charge in [0.15, 0.2) is 0 Å². The Hall–Kier alpha value is -1.16. The van der Waals surface area contributed by atoms with Crippen molar-refractivity contribution >= 4 is 5.95 Å². The van der Waals surface area contributed by atoms with E-state index < -0.39 is 0 Å². The van der Waals surface area contributed by atoms with Crippen molar-refractivity contribution in [2.24, 2.45) is 11.7 Å². The Kier molecular flexibility index (Phi) is 3.16. The van der Waals surface area contributed by atoms with Gasteiger partial charge in [0.25, 0.3) is 0 Å². The van der Waals surface area contributed by atoms with E-state index in [1.807, 2.05) is 19.2 Å². The van der Waals surface area contributed by atoms with Gasteiger partial charge in [-0.25, -0.2) is 9.97 Å². The van der Waals surface area contributed by atoms with Crippen LogP contribution in [0, 0.1) is 12.8 Å². The van der Waals surface area contributed by atoms with Crippen LogP contribution < -0.4 is 10.6 Å². The molecule has 0 unspecified atom stereocenters. The normalized spacial score (nSPS) is 21.7. The first-order valence-corrected chi connectivity index (χ1v) is 5.54. The van der Waals surface area contributed by atoms with Crippen molar-refractivity contribution in [1.82, 2.24) is 9.97 Å². The van der Waals surface area contributed by atoms with E-state index in [1.54, 1.807) is 0 Å². The van der Waals surface area contributed by atoms with Crippen molar-refractivity contribution < 1.29 is 0 Å². The van der Waals surface area contributed by atoms with Crippen molar-refractivity contribution in [3.05, 3.63) is 18.0 Å². The highest BCUT2D eigenvalue weighted by atomic mass is 15.3. The molecule has 1 aliphatic rings. The van der Waals surface area contributed by atoms with Gasteiger partial charge in [-0.2, -0.15) is 0 Å². The van der Waals surface area contributed by atoms with Crippen LogP contribution in [0.25, 0.3) is 0 Å². The molecule has 0 radical (unpaired) electrons. The summed E-state index contributed by atoms with van der Waals surface area (Å²) in [6.45, 7) is 4.82. The maximum atomic E-state index is 5.71. The Bertz CT molecular complexity index is 326. The third kappa shape index (κ3) is 2.45. The number of nitrogens with two attached hydrogens (primary N) is 1. The minimum atomic E-state index is 0.600. The van der Waals surface area contributed by atoms with Crippen LogP contribution in [0.2, 0.25) is 0 Å². The monoisotopic (exact) mass is 206 g/mol. The van der Waals surface area contributed by atoms with Crippen LogP contribution in [-0.2, 0) is 0 Å². The lowest BCUT2D eigenvalue weighted by molar-refractivity contribution is 0.419. The van der Waals surface area contributed by atoms with Crippen LogP contribution >= 0.6 is 0 Å². The molecule has 1 fully saturated rings. The molecule has 0 bridgehead atoms. The zero-order chi connectivity index (χ0) is 10.7. The van der Waals surface area contributed by atoms with Gasteiger partial charge >= 0.3 is 0 Å². The summed E-state index contributed by atoms with van der Waals surface area (Å²) in [4.78, 5) is 11.0. The Morgan fingerprint density at radius 3 is 3.20 bits per heavy atom. The van der Waals surface area contributed by atoms with E-state index in [4.69, 9.17) is 5.73 Å². The molecule has 4 nitrogen and oxygen atoms in total. The van der Waals surface area contributed by atoms with Crippen LogP contribution in [0.1, 0.15) is 18.5 Å². The number of anilines is 1. The molecule has 2 N–H and O–H groups in total. The largest absolute Gasteiger partial charge is 0.340 e. The second kappa shape index (κ2) is 4.57. The average Bonchev–Trinajstić information content (AvgIpc) is 2.29. The standard InChI is InChI=1S/C11H18N4/c1-9-4-5-13-11(14-9)15-6-2-3-10(7-12)8-15/h4-5,10H,2-3,6-8,12H2,1H3/t10-/m0/s1.